The van der Waals surface area contributed by atoms with Crippen molar-refractivity contribution in [2.75, 3.05) is 13.2 Å². The molecule has 1 aliphatic carbocycles. The molecule has 17 nitrogen and oxygen atoms in total. The maximum absolute atomic E-state index is 12.3. The van der Waals surface area contributed by atoms with Crippen molar-refractivity contribution in [3.63, 3.8) is 0 Å². The van der Waals surface area contributed by atoms with E-state index in [1.807, 2.05) is 0 Å². The van der Waals surface area contributed by atoms with Crippen molar-refractivity contribution in [2.45, 2.75) is 96.3 Å². The first-order valence-corrected chi connectivity index (χ1v) is 15.7. The quantitative estimate of drug-likeness (QED) is 0.130. The summed E-state index contributed by atoms with van der Waals surface area (Å²) >= 11 is 0. The summed E-state index contributed by atoms with van der Waals surface area (Å²) in [6, 6.07) is 6.38. The van der Waals surface area contributed by atoms with E-state index in [4.69, 9.17) is 52.1 Å². The third-order valence-electron chi connectivity index (χ3n) is 8.31. The monoisotopic (exact) mass is 706 g/mol. The maximum atomic E-state index is 12.3. The molecule has 0 N–H and O–H groups in total. The Labute approximate surface area is 286 Å². The number of benzene rings is 1. The molecule has 11 unspecified atom stereocenters. The van der Waals surface area contributed by atoms with Gasteiger partial charge in [0.15, 0.2) is 18.3 Å². The highest BCUT2D eigenvalue weighted by Crippen LogP contribution is 2.61. The fourth-order valence-corrected chi connectivity index (χ4v) is 6.51. The van der Waals surface area contributed by atoms with E-state index in [-0.39, 0.29) is 6.61 Å². The minimum Gasteiger partial charge on any atom is -0.487 e. The Balaban J connectivity index is 1.46. The van der Waals surface area contributed by atoms with Crippen LogP contribution < -0.4 is 9.47 Å². The highest BCUT2D eigenvalue weighted by molar-refractivity contribution is 5.70. The van der Waals surface area contributed by atoms with Gasteiger partial charge in [-0.2, -0.15) is 0 Å². The minimum atomic E-state index is -1.55. The molecule has 0 aromatic heterocycles. The van der Waals surface area contributed by atoms with Crippen molar-refractivity contribution in [1.29, 1.82) is 0 Å². The van der Waals surface area contributed by atoms with Gasteiger partial charge in [-0.15, -0.1) is 0 Å². The Bertz CT molecular complexity index is 1510. The van der Waals surface area contributed by atoms with Gasteiger partial charge in [-0.3, -0.25) is 28.8 Å². The largest absolute Gasteiger partial charge is 0.487 e. The van der Waals surface area contributed by atoms with Gasteiger partial charge in [-0.1, -0.05) is 0 Å². The molecule has 0 bridgehead atoms. The number of hydrogen-bond acceptors (Lipinski definition) is 17. The average molecular weight is 707 g/mol. The van der Waals surface area contributed by atoms with Crippen LogP contribution in [-0.4, -0.2) is 104 Å². The van der Waals surface area contributed by atoms with Gasteiger partial charge in [0, 0.05) is 47.5 Å². The molecule has 5 rings (SSSR count). The van der Waals surface area contributed by atoms with Crippen LogP contribution in [0.4, 0.5) is 0 Å². The van der Waals surface area contributed by atoms with Crippen LogP contribution in [0.2, 0.25) is 0 Å². The summed E-state index contributed by atoms with van der Waals surface area (Å²) in [6.45, 7) is 6.38. The second-order valence-corrected chi connectivity index (χ2v) is 12.1. The first-order chi connectivity index (χ1) is 23.7. The number of esters is 6. The van der Waals surface area contributed by atoms with E-state index in [1.54, 1.807) is 30.3 Å². The van der Waals surface area contributed by atoms with Gasteiger partial charge in [0.2, 0.25) is 12.6 Å². The predicted octanol–water partition coefficient (Wildman–Crippen LogP) is 1.28. The Kier molecular flexibility index (Phi) is 11.0. The molecule has 1 saturated carbocycles. The maximum Gasteiger partial charge on any atom is 0.308 e. The molecule has 17 heteroatoms. The second kappa shape index (κ2) is 15.0. The number of carbonyl (C=O) groups is 6. The Hall–Kier alpha value is -4.74. The van der Waals surface area contributed by atoms with E-state index < -0.39 is 109 Å². The summed E-state index contributed by atoms with van der Waals surface area (Å²) < 4.78 is 63.1. The number of carbonyl (C=O) groups excluding carboxylic acids is 6. The number of epoxide rings is 1. The molecule has 11 atom stereocenters. The molecule has 0 amide bonds. The summed E-state index contributed by atoms with van der Waals surface area (Å²) in [4.78, 5) is 71.7. The molecule has 3 aliphatic heterocycles. The van der Waals surface area contributed by atoms with Crippen LogP contribution in [0.25, 0.3) is 0 Å². The van der Waals surface area contributed by atoms with E-state index in [0.29, 0.717) is 11.5 Å². The Morgan fingerprint density at radius 3 is 1.88 bits per heavy atom. The molecular weight excluding hydrogens is 668 g/mol. The van der Waals surface area contributed by atoms with Gasteiger partial charge in [0.25, 0.3) is 0 Å². The topological polar surface area (TPSA) is 207 Å². The molecule has 272 valence electrons. The van der Waals surface area contributed by atoms with Crippen LogP contribution in [0.15, 0.2) is 36.6 Å². The fraction of sp³-hybridized carbons (Fsp3) is 0.576. The van der Waals surface area contributed by atoms with Crippen molar-refractivity contribution in [3.8, 4) is 11.5 Å². The summed E-state index contributed by atoms with van der Waals surface area (Å²) in [5.41, 5.74) is -1.15. The van der Waals surface area contributed by atoms with E-state index in [1.165, 1.54) is 20.1 Å². The fourth-order valence-electron chi connectivity index (χ4n) is 6.51. The van der Waals surface area contributed by atoms with E-state index in [0.717, 1.165) is 27.7 Å². The first-order valence-electron chi connectivity index (χ1n) is 15.7. The Morgan fingerprint density at radius 1 is 0.680 bits per heavy atom. The lowest BCUT2D eigenvalue weighted by atomic mass is 9.85. The van der Waals surface area contributed by atoms with E-state index in [9.17, 15) is 28.8 Å². The smallest absolute Gasteiger partial charge is 0.308 e. The van der Waals surface area contributed by atoms with Gasteiger partial charge < -0.3 is 52.1 Å². The van der Waals surface area contributed by atoms with Crippen LogP contribution in [0.5, 0.6) is 11.5 Å². The van der Waals surface area contributed by atoms with Crippen molar-refractivity contribution in [1.82, 2.24) is 0 Å². The van der Waals surface area contributed by atoms with Gasteiger partial charge in [0.1, 0.15) is 48.6 Å². The number of rotatable bonds is 12. The molecule has 0 radical (unpaired) electrons. The van der Waals surface area contributed by atoms with Crippen LogP contribution >= 0.6 is 0 Å². The molecule has 3 fully saturated rings. The zero-order valence-corrected chi connectivity index (χ0v) is 28.1. The summed E-state index contributed by atoms with van der Waals surface area (Å²) in [6.07, 6.45) is -6.50. The molecule has 4 aliphatic rings. The van der Waals surface area contributed by atoms with E-state index >= 15 is 0 Å². The third kappa shape index (κ3) is 8.17. The molecule has 1 aromatic carbocycles. The summed E-state index contributed by atoms with van der Waals surface area (Å²) in [5.74, 6) is -4.52. The first kappa shape index (κ1) is 36.5. The lowest BCUT2D eigenvalue weighted by Crippen LogP contribution is -2.64. The summed E-state index contributed by atoms with van der Waals surface area (Å²) in [5, 5.41) is 0. The third-order valence-corrected chi connectivity index (χ3v) is 8.31. The molecule has 0 spiro atoms. The van der Waals surface area contributed by atoms with Gasteiger partial charge >= 0.3 is 35.8 Å². The van der Waals surface area contributed by atoms with E-state index in [2.05, 4.69) is 0 Å². The average Bonchev–Trinajstić information content (AvgIpc) is 3.69. The number of ether oxygens (including phenoxy) is 11. The van der Waals surface area contributed by atoms with Crippen LogP contribution in [0.1, 0.15) is 41.5 Å². The molecule has 1 aromatic rings. The normalized spacial score (nSPS) is 33.3. The van der Waals surface area contributed by atoms with Crippen LogP contribution in [0.3, 0.4) is 0 Å². The Morgan fingerprint density at radius 2 is 1.28 bits per heavy atom. The van der Waals surface area contributed by atoms with Crippen molar-refractivity contribution >= 4 is 35.8 Å². The highest BCUT2D eigenvalue weighted by Gasteiger charge is 2.78. The van der Waals surface area contributed by atoms with Gasteiger partial charge in [0.05, 0.1) is 12.2 Å². The highest BCUT2D eigenvalue weighted by atomic mass is 16.8. The zero-order valence-electron chi connectivity index (χ0n) is 28.1. The van der Waals surface area contributed by atoms with Gasteiger partial charge in [-0.05, 0) is 30.3 Å². The lowest BCUT2D eigenvalue weighted by molar-refractivity contribution is -0.346. The molecule has 3 heterocycles. The molecular formula is C33H38O17. The molecule has 2 saturated heterocycles. The standard InChI is InChI=1S/C33H38O17/c1-15(34)41-13-24-27(44-18(4)37)28(45-19(5)38)29(46-20(6)39)32(48-24)49-31-25-23(11-12-40-31)26(30-33(25,50-30)14-42-16(2)35)47-22-9-7-21(8-10-22)43-17(3)36/h7-12,23-32H,13-14H2,1-6H3. The van der Waals surface area contributed by atoms with Crippen LogP contribution in [0, 0.1) is 11.8 Å². The predicted molar refractivity (Wildman–Crippen MR) is 160 cm³/mol. The number of fused-ring (bicyclic) bond motifs is 3. The van der Waals surface area contributed by atoms with Gasteiger partial charge in [-0.25, -0.2) is 0 Å². The van der Waals surface area contributed by atoms with Crippen LogP contribution in [-0.2, 0) is 71.4 Å². The second-order valence-electron chi connectivity index (χ2n) is 12.1. The minimum absolute atomic E-state index is 0.185. The summed E-state index contributed by atoms with van der Waals surface area (Å²) in [7, 11) is 0. The van der Waals surface area contributed by atoms with Crippen molar-refractivity contribution in [2.24, 2.45) is 11.8 Å². The zero-order chi connectivity index (χ0) is 36.3. The SMILES string of the molecule is CC(=O)OCC1OC(OC2OC=CC3C(Oc4ccc(OC(C)=O)cc4)C4OC4(COC(C)=O)C23)C(OC(C)=O)C(OC(C)=O)C1OC(C)=O. The molecule has 50 heavy (non-hydrogen) atoms. The lowest BCUT2D eigenvalue weighted by Gasteiger charge is -2.46. The van der Waals surface area contributed by atoms with Crippen molar-refractivity contribution < 1.29 is 80.9 Å². The number of hydrogen-bond donors (Lipinski definition) is 0. The van der Waals surface area contributed by atoms with Crippen molar-refractivity contribution in [3.05, 3.63) is 36.6 Å².